The van der Waals surface area contributed by atoms with Crippen molar-refractivity contribution in [3.63, 3.8) is 0 Å². The second-order valence-corrected chi connectivity index (χ2v) is 4.15. The molecule has 1 saturated carbocycles. The predicted octanol–water partition coefficient (Wildman–Crippen LogP) is 1.87. The molecule has 0 aromatic heterocycles. The van der Waals surface area contributed by atoms with Gasteiger partial charge in [-0.15, -0.1) is 0 Å². The summed E-state index contributed by atoms with van der Waals surface area (Å²) in [6.45, 7) is 6.19. The van der Waals surface area contributed by atoms with Crippen LogP contribution in [0.25, 0.3) is 0 Å². The number of nitrogens with one attached hydrogen (secondary N) is 1. The van der Waals surface area contributed by atoms with Crippen LogP contribution in [-0.2, 0) is 4.79 Å². The molecule has 1 aliphatic carbocycles. The molecule has 0 radical (unpaired) electrons. The second kappa shape index (κ2) is 3.30. The van der Waals surface area contributed by atoms with Crippen LogP contribution in [0.2, 0.25) is 0 Å². The Morgan fingerprint density at radius 2 is 2.08 bits per heavy atom. The van der Waals surface area contributed by atoms with Crippen LogP contribution in [0.5, 0.6) is 0 Å². The molecular formula is C10H17NO. The maximum Gasteiger partial charge on any atom is 0.244 e. The molecular weight excluding hydrogens is 150 g/mol. The molecule has 2 nitrogen and oxygen atoms in total. The molecule has 12 heavy (non-hydrogen) atoms. The summed E-state index contributed by atoms with van der Waals surface area (Å²) in [6.07, 6.45) is 5.79. The number of amides is 1. The molecule has 68 valence electrons. The lowest BCUT2D eigenvalue weighted by Crippen LogP contribution is -2.32. The highest BCUT2D eigenvalue weighted by atomic mass is 16.1. The molecule has 1 rings (SSSR count). The van der Waals surface area contributed by atoms with Crippen molar-refractivity contribution in [2.24, 2.45) is 5.92 Å². The van der Waals surface area contributed by atoms with Crippen LogP contribution >= 0.6 is 0 Å². The van der Waals surface area contributed by atoms with Gasteiger partial charge in [0.05, 0.1) is 0 Å². The van der Waals surface area contributed by atoms with E-state index < -0.39 is 0 Å². The van der Waals surface area contributed by atoms with Crippen LogP contribution in [0, 0.1) is 5.92 Å². The smallest absolute Gasteiger partial charge is 0.244 e. The molecule has 0 aromatic carbocycles. The molecule has 0 unspecified atom stereocenters. The molecule has 1 fully saturated rings. The molecule has 2 heteroatoms. The highest BCUT2D eigenvalue weighted by Crippen LogP contribution is 2.34. The molecule has 1 N–H and O–H groups in total. The van der Waals surface area contributed by atoms with Crippen LogP contribution in [0.1, 0.15) is 33.6 Å². The molecule has 0 aromatic rings. The minimum atomic E-state index is 0.0451. The number of hydrogen-bond donors (Lipinski definition) is 1. The number of rotatable bonds is 3. The van der Waals surface area contributed by atoms with Gasteiger partial charge in [-0.3, -0.25) is 4.79 Å². The normalized spacial score (nSPS) is 20.0. The molecule has 0 aliphatic heterocycles. The summed E-state index contributed by atoms with van der Waals surface area (Å²) in [7, 11) is 0. The average molecular weight is 167 g/mol. The number of allylic oxidation sites excluding steroid dienone is 1. The van der Waals surface area contributed by atoms with Crippen LogP contribution in [0.3, 0.4) is 0 Å². The molecule has 1 amide bonds. The maximum atomic E-state index is 11.2. The van der Waals surface area contributed by atoms with E-state index in [2.05, 4.69) is 26.1 Å². The number of hydrogen-bond acceptors (Lipinski definition) is 1. The van der Waals surface area contributed by atoms with Gasteiger partial charge in [0, 0.05) is 5.54 Å². The first-order chi connectivity index (χ1) is 5.52. The van der Waals surface area contributed by atoms with E-state index in [-0.39, 0.29) is 11.4 Å². The van der Waals surface area contributed by atoms with Gasteiger partial charge in [0.25, 0.3) is 0 Å². The Hall–Kier alpha value is -0.790. The summed E-state index contributed by atoms with van der Waals surface area (Å²) in [6, 6.07) is 0. The SMILES string of the molecule is CC(C)/C=C/C(=O)NC1(C)CC1. The first-order valence-corrected chi connectivity index (χ1v) is 4.52. The first kappa shape index (κ1) is 9.30. The van der Waals surface area contributed by atoms with Crippen molar-refractivity contribution < 1.29 is 4.79 Å². The van der Waals surface area contributed by atoms with Crippen molar-refractivity contribution in [1.29, 1.82) is 0 Å². The van der Waals surface area contributed by atoms with Crippen LogP contribution in [-0.4, -0.2) is 11.4 Å². The standard InChI is InChI=1S/C10H17NO/c1-8(2)4-5-9(12)11-10(3)6-7-10/h4-5,8H,6-7H2,1-3H3,(H,11,12)/b5-4+. The van der Waals surface area contributed by atoms with Crippen molar-refractivity contribution in [3.8, 4) is 0 Å². The Morgan fingerprint density at radius 3 is 2.50 bits per heavy atom. The van der Waals surface area contributed by atoms with Crippen molar-refractivity contribution in [2.45, 2.75) is 39.2 Å². The fourth-order valence-electron chi connectivity index (χ4n) is 0.931. The van der Waals surface area contributed by atoms with Crippen molar-refractivity contribution in [2.75, 3.05) is 0 Å². The zero-order valence-corrected chi connectivity index (χ0v) is 8.05. The van der Waals surface area contributed by atoms with Crippen LogP contribution in [0.4, 0.5) is 0 Å². The lowest BCUT2D eigenvalue weighted by Gasteiger charge is -2.08. The lowest BCUT2D eigenvalue weighted by molar-refractivity contribution is -0.117. The third-order valence-electron chi connectivity index (χ3n) is 2.06. The van der Waals surface area contributed by atoms with Gasteiger partial charge >= 0.3 is 0 Å². The quantitative estimate of drug-likeness (QED) is 0.639. The van der Waals surface area contributed by atoms with E-state index in [1.54, 1.807) is 6.08 Å². The summed E-state index contributed by atoms with van der Waals surface area (Å²) in [5.74, 6) is 0.492. The Labute approximate surface area is 74.0 Å². The monoisotopic (exact) mass is 167 g/mol. The topological polar surface area (TPSA) is 29.1 Å². The largest absolute Gasteiger partial charge is 0.347 e. The third kappa shape index (κ3) is 3.07. The lowest BCUT2D eigenvalue weighted by atomic mass is 10.2. The first-order valence-electron chi connectivity index (χ1n) is 4.52. The van der Waals surface area contributed by atoms with Crippen molar-refractivity contribution in [3.05, 3.63) is 12.2 Å². The van der Waals surface area contributed by atoms with Crippen molar-refractivity contribution >= 4 is 5.91 Å². The average Bonchev–Trinajstić information content (AvgIpc) is 2.64. The summed E-state index contributed by atoms with van der Waals surface area (Å²) < 4.78 is 0. The Bertz CT molecular complexity index is 202. The molecule has 0 saturated heterocycles. The second-order valence-electron chi connectivity index (χ2n) is 4.15. The molecule has 0 heterocycles. The van der Waals surface area contributed by atoms with Gasteiger partial charge in [-0.25, -0.2) is 0 Å². The van der Waals surface area contributed by atoms with E-state index >= 15 is 0 Å². The van der Waals surface area contributed by atoms with Crippen LogP contribution < -0.4 is 5.32 Å². The van der Waals surface area contributed by atoms with Gasteiger partial charge in [-0.05, 0) is 31.8 Å². The number of carbonyl (C=O) groups excluding carboxylic acids is 1. The van der Waals surface area contributed by atoms with E-state index in [1.165, 1.54) is 0 Å². The van der Waals surface area contributed by atoms with E-state index in [4.69, 9.17) is 0 Å². The Balaban J connectivity index is 2.29. The van der Waals surface area contributed by atoms with E-state index in [0.717, 1.165) is 12.8 Å². The van der Waals surface area contributed by atoms with Crippen molar-refractivity contribution in [1.82, 2.24) is 5.32 Å². The van der Waals surface area contributed by atoms with E-state index in [1.807, 2.05) is 6.08 Å². The van der Waals surface area contributed by atoms with Crippen LogP contribution in [0.15, 0.2) is 12.2 Å². The summed E-state index contributed by atoms with van der Waals surface area (Å²) in [5.41, 5.74) is 0.110. The fourth-order valence-corrected chi connectivity index (χ4v) is 0.931. The minimum absolute atomic E-state index is 0.0451. The summed E-state index contributed by atoms with van der Waals surface area (Å²) >= 11 is 0. The van der Waals surface area contributed by atoms with Gasteiger partial charge in [-0.2, -0.15) is 0 Å². The highest BCUT2D eigenvalue weighted by molar-refractivity contribution is 5.88. The predicted molar refractivity (Wildman–Crippen MR) is 49.8 cm³/mol. The molecule has 1 aliphatic rings. The highest BCUT2D eigenvalue weighted by Gasteiger charge is 2.37. The summed E-state index contributed by atoms with van der Waals surface area (Å²) in [5, 5.41) is 2.96. The summed E-state index contributed by atoms with van der Waals surface area (Å²) in [4.78, 5) is 11.2. The van der Waals surface area contributed by atoms with Gasteiger partial charge in [0.15, 0.2) is 0 Å². The third-order valence-corrected chi connectivity index (χ3v) is 2.06. The molecule has 0 spiro atoms. The van der Waals surface area contributed by atoms with Gasteiger partial charge in [-0.1, -0.05) is 19.9 Å². The molecule has 0 bridgehead atoms. The zero-order chi connectivity index (χ0) is 9.19. The maximum absolute atomic E-state index is 11.2. The van der Waals surface area contributed by atoms with Gasteiger partial charge in [0.1, 0.15) is 0 Å². The minimum Gasteiger partial charge on any atom is -0.347 e. The van der Waals surface area contributed by atoms with Gasteiger partial charge in [0.2, 0.25) is 5.91 Å². The van der Waals surface area contributed by atoms with E-state index in [9.17, 15) is 4.79 Å². The van der Waals surface area contributed by atoms with E-state index in [0.29, 0.717) is 5.92 Å². The Morgan fingerprint density at radius 1 is 1.50 bits per heavy atom. The molecule has 0 atom stereocenters. The zero-order valence-electron chi connectivity index (χ0n) is 8.05. The van der Waals surface area contributed by atoms with Gasteiger partial charge < -0.3 is 5.32 Å². The fraction of sp³-hybridized carbons (Fsp3) is 0.700. The Kier molecular flexibility index (Phi) is 2.55. The number of carbonyl (C=O) groups is 1.